The van der Waals surface area contributed by atoms with Crippen LogP contribution >= 0.6 is 11.5 Å². The standard InChI is InChI=1S/C14H18N4OS/c1-3-18(4-2)14(19)11-6-5-7-12(8-11)15-9-13-10-20-17-16-13/h5-8,10,15H,3-4,9H2,1-2H3. The third-order valence-electron chi connectivity index (χ3n) is 3.04. The molecule has 1 heterocycles. The highest BCUT2D eigenvalue weighted by molar-refractivity contribution is 7.03. The van der Waals surface area contributed by atoms with Gasteiger partial charge in [-0.3, -0.25) is 4.79 Å². The van der Waals surface area contributed by atoms with E-state index in [1.165, 1.54) is 11.5 Å². The number of nitrogens with zero attached hydrogens (tertiary/aromatic N) is 3. The van der Waals surface area contributed by atoms with Gasteiger partial charge in [0.25, 0.3) is 5.91 Å². The van der Waals surface area contributed by atoms with Crippen molar-refractivity contribution in [1.82, 2.24) is 14.5 Å². The molecule has 5 nitrogen and oxygen atoms in total. The van der Waals surface area contributed by atoms with Crippen LogP contribution in [0.3, 0.4) is 0 Å². The van der Waals surface area contributed by atoms with Crippen LogP contribution in [0.2, 0.25) is 0 Å². The summed E-state index contributed by atoms with van der Waals surface area (Å²) in [5.74, 6) is 0.0639. The summed E-state index contributed by atoms with van der Waals surface area (Å²) in [5, 5.41) is 9.13. The number of carbonyl (C=O) groups excluding carboxylic acids is 1. The highest BCUT2D eigenvalue weighted by Gasteiger charge is 2.12. The molecule has 0 unspecified atom stereocenters. The minimum atomic E-state index is 0.0639. The molecule has 2 rings (SSSR count). The van der Waals surface area contributed by atoms with Crippen LogP contribution in [0.1, 0.15) is 29.9 Å². The van der Waals surface area contributed by atoms with E-state index in [1.807, 2.05) is 48.4 Å². The van der Waals surface area contributed by atoms with E-state index in [0.717, 1.165) is 24.5 Å². The molecule has 1 amide bonds. The summed E-state index contributed by atoms with van der Waals surface area (Å²) < 4.78 is 3.82. The highest BCUT2D eigenvalue weighted by Crippen LogP contribution is 2.14. The van der Waals surface area contributed by atoms with Crippen LogP contribution in [0, 0.1) is 0 Å². The van der Waals surface area contributed by atoms with Gasteiger partial charge in [-0.1, -0.05) is 10.6 Å². The Morgan fingerprint density at radius 2 is 2.15 bits per heavy atom. The van der Waals surface area contributed by atoms with Gasteiger partial charge in [0, 0.05) is 29.7 Å². The maximum absolute atomic E-state index is 12.3. The fraction of sp³-hybridized carbons (Fsp3) is 0.357. The van der Waals surface area contributed by atoms with E-state index in [2.05, 4.69) is 14.9 Å². The lowest BCUT2D eigenvalue weighted by Crippen LogP contribution is -2.30. The van der Waals surface area contributed by atoms with E-state index in [0.29, 0.717) is 12.1 Å². The van der Waals surface area contributed by atoms with Crippen LogP contribution in [-0.2, 0) is 6.54 Å². The van der Waals surface area contributed by atoms with Gasteiger partial charge >= 0.3 is 0 Å². The van der Waals surface area contributed by atoms with Crippen LogP contribution in [0.4, 0.5) is 5.69 Å². The van der Waals surface area contributed by atoms with Crippen molar-refractivity contribution in [3.05, 3.63) is 40.9 Å². The monoisotopic (exact) mass is 290 g/mol. The number of rotatable bonds is 6. The lowest BCUT2D eigenvalue weighted by Gasteiger charge is -2.19. The van der Waals surface area contributed by atoms with E-state index in [9.17, 15) is 4.79 Å². The number of hydrogen-bond acceptors (Lipinski definition) is 5. The third kappa shape index (κ3) is 3.54. The maximum atomic E-state index is 12.3. The Labute approximate surface area is 122 Å². The zero-order valence-corrected chi connectivity index (χ0v) is 12.5. The molecule has 0 saturated heterocycles. The predicted octanol–water partition coefficient (Wildman–Crippen LogP) is 2.63. The van der Waals surface area contributed by atoms with E-state index in [-0.39, 0.29) is 5.91 Å². The number of carbonyl (C=O) groups is 1. The molecule has 0 aliphatic carbocycles. The molecule has 0 saturated carbocycles. The number of hydrogen-bond donors (Lipinski definition) is 1. The fourth-order valence-electron chi connectivity index (χ4n) is 1.91. The topological polar surface area (TPSA) is 58.1 Å². The number of amides is 1. The molecule has 0 aliphatic rings. The smallest absolute Gasteiger partial charge is 0.253 e. The second kappa shape index (κ2) is 7.00. The molecule has 0 aliphatic heterocycles. The quantitative estimate of drug-likeness (QED) is 0.888. The lowest BCUT2D eigenvalue weighted by atomic mass is 10.1. The zero-order valence-electron chi connectivity index (χ0n) is 11.7. The molecular formula is C14H18N4OS. The Balaban J connectivity index is 2.05. The summed E-state index contributed by atoms with van der Waals surface area (Å²) in [4.78, 5) is 14.1. The molecule has 1 aromatic carbocycles. The number of anilines is 1. The molecule has 0 atom stereocenters. The van der Waals surface area contributed by atoms with Crippen molar-refractivity contribution in [2.45, 2.75) is 20.4 Å². The minimum absolute atomic E-state index is 0.0639. The van der Waals surface area contributed by atoms with Gasteiger partial charge in [0.1, 0.15) is 0 Å². The summed E-state index contributed by atoms with van der Waals surface area (Å²) in [5.41, 5.74) is 2.52. The maximum Gasteiger partial charge on any atom is 0.253 e. The van der Waals surface area contributed by atoms with E-state index in [1.54, 1.807) is 0 Å². The number of nitrogens with one attached hydrogen (secondary N) is 1. The van der Waals surface area contributed by atoms with Crippen LogP contribution < -0.4 is 5.32 Å². The Kier molecular flexibility index (Phi) is 5.06. The first-order valence-electron chi connectivity index (χ1n) is 6.63. The lowest BCUT2D eigenvalue weighted by molar-refractivity contribution is 0.0773. The summed E-state index contributed by atoms with van der Waals surface area (Å²) >= 11 is 1.33. The first-order valence-corrected chi connectivity index (χ1v) is 7.47. The molecular weight excluding hydrogens is 272 g/mol. The largest absolute Gasteiger partial charge is 0.379 e. The second-order valence-corrected chi connectivity index (χ2v) is 4.92. The average molecular weight is 290 g/mol. The Hall–Kier alpha value is -1.95. The van der Waals surface area contributed by atoms with Crippen molar-refractivity contribution in [2.24, 2.45) is 0 Å². The Bertz CT molecular complexity index is 552. The van der Waals surface area contributed by atoms with Crippen molar-refractivity contribution in [2.75, 3.05) is 18.4 Å². The fourth-order valence-corrected chi connectivity index (χ4v) is 2.36. The normalized spacial score (nSPS) is 10.3. The number of aromatic nitrogens is 2. The van der Waals surface area contributed by atoms with E-state index in [4.69, 9.17) is 0 Å². The molecule has 0 spiro atoms. The Morgan fingerprint density at radius 1 is 1.35 bits per heavy atom. The van der Waals surface area contributed by atoms with Crippen LogP contribution in [0.15, 0.2) is 29.6 Å². The summed E-state index contributed by atoms with van der Waals surface area (Å²) in [6.07, 6.45) is 0. The van der Waals surface area contributed by atoms with Crippen molar-refractivity contribution >= 4 is 23.1 Å². The van der Waals surface area contributed by atoms with Gasteiger partial charge in [0.05, 0.1) is 12.2 Å². The van der Waals surface area contributed by atoms with Crippen LogP contribution in [-0.4, -0.2) is 33.5 Å². The summed E-state index contributed by atoms with van der Waals surface area (Å²) in [7, 11) is 0. The van der Waals surface area contributed by atoms with E-state index < -0.39 is 0 Å². The van der Waals surface area contributed by atoms with Crippen molar-refractivity contribution < 1.29 is 4.79 Å². The minimum Gasteiger partial charge on any atom is -0.379 e. The first-order chi connectivity index (χ1) is 9.74. The van der Waals surface area contributed by atoms with Gasteiger partial charge in [-0.25, -0.2) is 0 Å². The molecule has 0 bridgehead atoms. The first kappa shape index (κ1) is 14.5. The molecule has 1 N–H and O–H groups in total. The number of benzene rings is 1. The molecule has 0 radical (unpaired) electrons. The van der Waals surface area contributed by atoms with Crippen molar-refractivity contribution in [3.8, 4) is 0 Å². The van der Waals surface area contributed by atoms with Gasteiger partial charge in [-0.2, -0.15) is 0 Å². The molecule has 0 fully saturated rings. The van der Waals surface area contributed by atoms with Crippen molar-refractivity contribution in [3.63, 3.8) is 0 Å². The van der Waals surface area contributed by atoms with E-state index >= 15 is 0 Å². The second-order valence-electron chi connectivity index (χ2n) is 4.31. The molecule has 2 aromatic rings. The molecule has 6 heteroatoms. The molecule has 1 aromatic heterocycles. The van der Waals surface area contributed by atoms with Gasteiger partial charge in [-0.05, 0) is 43.6 Å². The van der Waals surface area contributed by atoms with Crippen LogP contribution in [0.25, 0.3) is 0 Å². The average Bonchev–Trinajstić information content (AvgIpc) is 3.00. The highest BCUT2D eigenvalue weighted by atomic mass is 32.1. The zero-order chi connectivity index (χ0) is 14.4. The van der Waals surface area contributed by atoms with Crippen LogP contribution in [0.5, 0.6) is 0 Å². The van der Waals surface area contributed by atoms with Gasteiger partial charge in [0.15, 0.2) is 0 Å². The van der Waals surface area contributed by atoms with Gasteiger partial charge in [0.2, 0.25) is 0 Å². The summed E-state index contributed by atoms with van der Waals surface area (Å²) in [6, 6.07) is 7.55. The molecule has 20 heavy (non-hydrogen) atoms. The predicted molar refractivity (Wildman–Crippen MR) is 80.9 cm³/mol. The Morgan fingerprint density at radius 3 is 2.80 bits per heavy atom. The summed E-state index contributed by atoms with van der Waals surface area (Å²) in [6.45, 7) is 6.02. The molecule has 106 valence electrons. The van der Waals surface area contributed by atoms with Gasteiger partial charge in [-0.15, -0.1) is 5.10 Å². The third-order valence-corrected chi connectivity index (χ3v) is 3.59. The van der Waals surface area contributed by atoms with Crippen molar-refractivity contribution in [1.29, 1.82) is 0 Å². The van der Waals surface area contributed by atoms with Gasteiger partial charge < -0.3 is 10.2 Å². The SMILES string of the molecule is CCN(CC)C(=O)c1cccc(NCc2csnn2)c1.